The van der Waals surface area contributed by atoms with Crippen molar-refractivity contribution in [3.8, 4) is 0 Å². The minimum atomic E-state index is 0.227. The van der Waals surface area contributed by atoms with E-state index in [1.807, 2.05) is 13.1 Å². The number of amides is 1. The normalized spacial score (nSPS) is 20.7. The van der Waals surface area contributed by atoms with Crippen molar-refractivity contribution in [2.45, 2.75) is 25.4 Å². The van der Waals surface area contributed by atoms with Crippen molar-refractivity contribution in [3.63, 3.8) is 0 Å². The molecule has 0 aromatic carbocycles. The smallest absolute Gasteiger partial charge is 0.222 e. The molecule has 1 aliphatic heterocycles. The summed E-state index contributed by atoms with van der Waals surface area (Å²) in [7, 11) is 1.84. The monoisotopic (exact) mass is 253 g/mol. The number of likely N-dealkylation sites (tertiary alicyclic amines) is 1. The van der Waals surface area contributed by atoms with E-state index in [0.717, 1.165) is 18.5 Å². The van der Waals surface area contributed by atoms with Gasteiger partial charge in [0.25, 0.3) is 0 Å². The summed E-state index contributed by atoms with van der Waals surface area (Å²) in [4.78, 5) is 17.1. The Kier molecular flexibility index (Phi) is 3.97. The van der Waals surface area contributed by atoms with E-state index in [0.29, 0.717) is 24.0 Å². The average Bonchev–Trinajstić information content (AvgIpc) is 2.32. The van der Waals surface area contributed by atoms with Gasteiger partial charge in [-0.3, -0.25) is 9.78 Å². The Hall–Kier alpha value is -1.13. The molecule has 1 unspecified atom stereocenters. The summed E-state index contributed by atoms with van der Waals surface area (Å²) < 4.78 is 0. The predicted octanol–water partition coefficient (Wildman–Crippen LogP) is 1.45. The van der Waals surface area contributed by atoms with Crippen LogP contribution in [0, 0.1) is 0 Å². The Balaban J connectivity index is 1.87. The number of nitrogens with one attached hydrogen (secondary N) is 1. The van der Waals surface area contributed by atoms with Gasteiger partial charge in [0.05, 0.1) is 5.02 Å². The lowest BCUT2D eigenvalue weighted by Gasteiger charge is -2.30. The number of aromatic nitrogens is 1. The topological polar surface area (TPSA) is 45.2 Å². The number of pyridine rings is 1. The van der Waals surface area contributed by atoms with Crippen molar-refractivity contribution < 1.29 is 4.79 Å². The molecule has 1 fully saturated rings. The van der Waals surface area contributed by atoms with Crippen LogP contribution in [0.1, 0.15) is 18.4 Å². The number of hydrogen-bond donors (Lipinski definition) is 1. The van der Waals surface area contributed by atoms with Crippen LogP contribution in [0.4, 0.5) is 0 Å². The number of piperidine rings is 1. The molecule has 4 nitrogen and oxygen atoms in total. The first-order valence-electron chi connectivity index (χ1n) is 5.72. The van der Waals surface area contributed by atoms with Crippen molar-refractivity contribution in [2.24, 2.45) is 0 Å². The Labute approximate surface area is 106 Å². The highest BCUT2D eigenvalue weighted by atomic mass is 35.5. The van der Waals surface area contributed by atoms with E-state index < -0.39 is 0 Å². The fourth-order valence-corrected chi connectivity index (χ4v) is 2.17. The molecule has 1 saturated heterocycles. The summed E-state index contributed by atoms with van der Waals surface area (Å²) in [6.45, 7) is 1.48. The average molecular weight is 254 g/mol. The first-order valence-corrected chi connectivity index (χ1v) is 6.10. The van der Waals surface area contributed by atoms with Crippen molar-refractivity contribution in [1.82, 2.24) is 15.2 Å². The van der Waals surface area contributed by atoms with Gasteiger partial charge in [-0.25, -0.2) is 0 Å². The van der Waals surface area contributed by atoms with Gasteiger partial charge < -0.3 is 10.2 Å². The molecule has 2 heterocycles. The van der Waals surface area contributed by atoms with Crippen molar-refractivity contribution in [1.29, 1.82) is 0 Å². The molecule has 1 N–H and O–H groups in total. The number of hydrogen-bond acceptors (Lipinski definition) is 3. The minimum Gasteiger partial charge on any atom is -0.344 e. The van der Waals surface area contributed by atoms with Crippen LogP contribution >= 0.6 is 11.6 Å². The maximum absolute atomic E-state index is 11.3. The summed E-state index contributed by atoms with van der Waals surface area (Å²) in [6, 6.07) is 2.26. The molecule has 5 heteroatoms. The standard InChI is InChI=1S/C12H16ClN3O/c1-16-8-10(2-3-12(16)17)15-6-9-4-5-14-7-11(9)13/h4-5,7,10,15H,2-3,6,8H2,1H3. The maximum atomic E-state index is 11.3. The summed E-state index contributed by atoms with van der Waals surface area (Å²) in [6.07, 6.45) is 4.90. The van der Waals surface area contributed by atoms with E-state index in [-0.39, 0.29) is 5.91 Å². The second kappa shape index (κ2) is 5.47. The van der Waals surface area contributed by atoms with Crippen molar-refractivity contribution in [3.05, 3.63) is 29.0 Å². The van der Waals surface area contributed by atoms with E-state index in [1.54, 1.807) is 17.3 Å². The quantitative estimate of drug-likeness (QED) is 0.887. The lowest BCUT2D eigenvalue weighted by molar-refractivity contribution is -0.132. The highest BCUT2D eigenvalue weighted by Gasteiger charge is 2.22. The third-order valence-electron chi connectivity index (χ3n) is 3.06. The molecule has 17 heavy (non-hydrogen) atoms. The zero-order chi connectivity index (χ0) is 12.3. The first-order chi connectivity index (χ1) is 8.16. The zero-order valence-electron chi connectivity index (χ0n) is 9.82. The third kappa shape index (κ3) is 3.17. The first kappa shape index (κ1) is 12.3. The van der Waals surface area contributed by atoms with Crippen LogP contribution in [0.2, 0.25) is 5.02 Å². The van der Waals surface area contributed by atoms with Crippen LogP contribution < -0.4 is 5.32 Å². The summed E-state index contributed by atoms with van der Waals surface area (Å²) in [5.41, 5.74) is 1.04. The number of nitrogens with zero attached hydrogens (tertiary/aromatic N) is 2. The second-order valence-electron chi connectivity index (χ2n) is 4.36. The summed E-state index contributed by atoms with van der Waals surface area (Å²) >= 11 is 6.03. The highest BCUT2D eigenvalue weighted by molar-refractivity contribution is 6.31. The predicted molar refractivity (Wildman–Crippen MR) is 66.7 cm³/mol. The van der Waals surface area contributed by atoms with E-state index >= 15 is 0 Å². The number of likely N-dealkylation sites (N-methyl/N-ethyl adjacent to an activating group) is 1. The molecule has 92 valence electrons. The molecule has 1 amide bonds. The number of carbonyl (C=O) groups is 1. The van der Waals surface area contributed by atoms with Crippen molar-refractivity contribution in [2.75, 3.05) is 13.6 Å². The lowest BCUT2D eigenvalue weighted by Crippen LogP contribution is -2.46. The van der Waals surface area contributed by atoms with Crippen LogP contribution in [0.3, 0.4) is 0 Å². The van der Waals surface area contributed by atoms with Gasteiger partial charge in [-0.2, -0.15) is 0 Å². The van der Waals surface area contributed by atoms with Gasteiger partial charge in [0.1, 0.15) is 0 Å². The van der Waals surface area contributed by atoms with Gasteiger partial charge in [0.15, 0.2) is 0 Å². The second-order valence-corrected chi connectivity index (χ2v) is 4.77. The molecule has 0 saturated carbocycles. The fraction of sp³-hybridized carbons (Fsp3) is 0.500. The highest BCUT2D eigenvalue weighted by Crippen LogP contribution is 2.15. The molecule has 1 aromatic heterocycles. The molecular weight excluding hydrogens is 238 g/mol. The van der Waals surface area contributed by atoms with Gasteiger partial charge in [-0.1, -0.05) is 11.6 Å². The minimum absolute atomic E-state index is 0.227. The molecule has 1 atom stereocenters. The lowest BCUT2D eigenvalue weighted by atomic mass is 10.1. The van der Waals surface area contributed by atoms with Crippen LogP contribution in [0.25, 0.3) is 0 Å². The van der Waals surface area contributed by atoms with E-state index in [1.165, 1.54) is 0 Å². The third-order valence-corrected chi connectivity index (χ3v) is 3.40. The van der Waals surface area contributed by atoms with Crippen LogP contribution in [-0.2, 0) is 11.3 Å². The Morgan fingerprint density at radius 1 is 1.65 bits per heavy atom. The van der Waals surface area contributed by atoms with Crippen LogP contribution in [-0.4, -0.2) is 35.4 Å². The van der Waals surface area contributed by atoms with E-state index in [9.17, 15) is 4.79 Å². The molecule has 0 bridgehead atoms. The van der Waals surface area contributed by atoms with Gasteiger partial charge >= 0.3 is 0 Å². The summed E-state index contributed by atoms with van der Waals surface area (Å²) in [5.74, 6) is 0.227. The fourth-order valence-electron chi connectivity index (χ4n) is 1.98. The molecule has 1 aromatic rings. The number of rotatable bonds is 3. The molecular formula is C12H16ClN3O. The van der Waals surface area contributed by atoms with Crippen LogP contribution in [0.5, 0.6) is 0 Å². The zero-order valence-corrected chi connectivity index (χ0v) is 10.6. The van der Waals surface area contributed by atoms with Gasteiger partial charge in [0, 0.05) is 45.0 Å². The van der Waals surface area contributed by atoms with Crippen molar-refractivity contribution >= 4 is 17.5 Å². The number of carbonyl (C=O) groups excluding carboxylic acids is 1. The SMILES string of the molecule is CN1CC(NCc2ccncc2Cl)CCC1=O. The van der Waals surface area contributed by atoms with E-state index in [2.05, 4.69) is 10.3 Å². The Bertz CT molecular complexity index is 410. The van der Waals surface area contributed by atoms with Gasteiger partial charge in [-0.05, 0) is 18.1 Å². The Morgan fingerprint density at radius 2 is 2.47 bits per heavy atom. The molecule has 0 radical (unpaired) electrons. The molecule has 2 rings (SSSR count). The summed E-state index contributed by atoms with van der Waals surface area (Å²) in [5, 5.41) is 4.10. The van der Waals surface area contributed by atoms with Gasteiger partial charge in [0.2, 0.25) is 5.91 Å². The van der Waals surface area contributed by atoms with E-state index in [4.69, 9.17) is 11.6 Å². The molecule has 1 aliphatic rings. The number of halogens is 1. The molecule has 0 aliphatic carbocycles. The van der Waals surface area contributed by atoms with Crippen LogP contribution in [0.15, 0.2) is 18.5 Å². The Morgan fingerprint density at radius 3 is 3.18 bits per heavy atom. The largest absolute Gasteiger partial charge is 0.344 e. The van der Waals surface area contributed by atoms with Gasteiger partial charge in [-0.15, -0.1) is 0 Å². The maximum Gasteiger partial charge on any atom is 0.222 e. The molecule has 0 spiro atoms.